The van der Waals surface area contributed by atoms with E-state index in [1.54, 1.807) is 48.6 Å². The van der Waals surface area contributed by atoms with Crippen molar-refractivity contribution in [3.8, 4) is 11.5 Å². The Balaban J connectivity index is 1.77. The number of ether oxygens (including phenoxy) is 2. The second-order valence-electron chi connectivity index (χ2n) is 5.42. The van der Waals surface area contributed by atoms with Crippen molar-refractivity contribution in [3.05, 3.63) is 52.2 Å². The van der Waals surface area contributed by atoms with Gasteiger partial charge in [0.05, 0.1) is 6.61 Å². The van der Waals surface area contributed by atoms with Crippen LogP contribution in [-0.2, 0) is 9.59 Å². The zero-order valence-corrected chi connectivity index (χ0v) is 15.8. The monoisotopic (exact) mass is 374 g/mol. The minimum atomic E-state index is -0.767. The lowest BCUT2D eigenvalue weighted by molar-refractivity contribution is -0.131. The van der Waals surface area contributed by atoms with Crippen LogP contribution in [0.25, 0.3) is 6.08 Å². The fourth-order valence-electron chi connectivity index (χ4n) is 2.01. The SMILES string of the molecule is CCOc1ccc(O[C@H](C)C(=O)NNC(=O)/C=C/c2ccc(C)s2)cc1. The van der Waals surface area contributed by atoms with Crippen molar-refractivity contribution in [1.82, 2.24) is 10.9 Å². The van der Waals surface area contributed by atoms with Crippen molar-refractivity contribution < 1.29 is 19.1 Å². The molecule has 0 aliphatic rings. The molecule has 0 saturated carbocycles. The van der Waals surface area contributed by atoms with Gasteiger partial charge in [0.15, 0.2) is 6.10 Å². The van der Waals surface area contributed by atoms with Crippen molar-refractivity contribution in [2.75, 3.05) is 6.61 Å². The molecule has 26 heavy (non-hydrogen) atoms. The van der Waals surface area contributed by atoms with Crippen molar-refractivity contribution in [2.45, 2.75) is 26.9 Å². The van der Waals surface area contributed by atoms with Crippen molar-refractivity contribution in [3.63, 3.8) is 0 Å². The van der Waals surface area contributed by atoms with Crippen LogP contribution in [0.5, 0.6) is 11.5 Å². The molecule has 0 saturated heterocycles. The maximum absolute atomic E-state index is 12.0. The van der Waals surface area contributed by atoms with E-state index >= 15 is 0 Å². The third-order valence-corrected chi connectivity index (χ3v) is 4.25. The van der Waals surface area contributed by atoms with E-state index in [1.807, 2.05) is 26.0 Å². The number of carbonyl (C=O) groups excluding carboxylic acids is 2. The number of hydrogen-bond acceptors (Lipinski definition) is 5. The Kier molecular flexibility index (Phi) is 7.23. The van der Waals surface area contributed by atoms with Gasteiger partial charge in [0, 0.05) is 15.8 Å². The standard InChI is InChI=1S/C19H22N2O4S/c1-4-24-15-6-8-16(9-7-15)25-14(3)19(23)21-20-18(22)12-11-17-10-5-13(2)26-17/h5-12,14H,4H2,1-3H3,(H,20,22)(H,21,23)/b12-11+/t14-/m1/s1. The van der Waals surface area contributed by atoms with Gasteiger partial charge in [-0.05, 0) is 63.2 Å². The first-order chi connectivity index (χ1) is 12.5. The molecule has 0 fully saturated rings. The van der Waals surface area contributed by atoms with Crippen LogP contribution < -0.4 is 20.3 Å². The Bertz CT molecular complexity index is 768. The fourth-order valence-corrected chi connectivity index (χ4v) is 2.79. The summed E-state index contributed by atoms with van der Waals surface area (Å²) in [6.45, 7) is 6.08. The van der Waals surface area contributed by atoms with Gasteiger partial charge in [0.25, 0.3) is 11.8 Å². The van der Waals surface area contributed by atoms with Gasteiger partial charge in [0.1, 0.15) is 11.5 Å². The van der Waals surface area contributed by atoms with Gasteiger partial charge in [-0.3, -0.25) is 20.4 Å². The molecule has 1 aromatic heterocycles. The van der Waals surface area contributed by atoms with Crippen molar-refractivity contribution >= 4 is 29.2 Å². The lowest BCUT2D eigenvalue weighted by Gasteiger charge is -2.15. The summed E-state index contributed by atoms with van der Waals surface area (Å²) in [6, 6.07) is 10.9. The van der Waals surface area contributed by atoms with Crippen LogP contribution in [-0.4, -0.2) is 24.5 Å². The molecule has 138 valence electrons. The molecule has 1 atom stereocenters. The predicted molar refractivity (Wildman–Crippen MR) is 102 cm³/mol. The average Bonchev–Trinajstić information content (AvgIpc) is 3.05. The summed E-state index contributed by atoms with van der Waals surface area (Å²) in [4.78, 5) is 25.9. The minimum Gasteiger partial charge on any atom is -0.494 e. The van der Waals surface area contributed by atoms with Gasteiger partial charge < -0.3 is 9.47 Å². The molecule has 0 aliphatic heterocycles. The topological polar surface area (TPSA) is 76.7 Å². The first-order valence-electron chi connectivity index (χ1n) is 8.21. The number of thiophene rings is 1. The number of benzene rings is 1. The highest BCUT2D eigenvalue weighted by Gasteiger charge is 2.15. The van der Waals surface area contributed by atoms with E-state index in [0.29, 0.717) is 12.4 Å². The number of carbonyl (C=O) groups is 2. The zero-order valence-electron chi connectivity index (χ0n) is 14.9. The number of hydrazine groups is 1. The normalized spacial score (nSPS) is 11.8. The summed E-state index contributed by atoms with van der Waals surface area (Å²) in [5, 5.41) is 0. The quantitative estimate of drug-likeness (QED) is 0.577. The second-order valence-corrected chi connectivity index (χ2v) is 6.74. The first kappa shape index (κ1) is 19.5. The van der Waals surface area contributed by atoms with E-state index < -0.39 is 17.9 Å². The van der Waals surface area contributed by atoms with Crippen LogP contribution in [0.2, 0.25) is 0 Å². The molecule has 2 amide bonds. The molecule has 2 aromatic rings. The molecule has 0 bridgehead atoms. The average molecular weight is 374 g/mol. The van der Waals surface area contributed by atoms with Crippen molar-refractivity contribution in [2.24, 2.45) is 0 Å². The summed E-state index contributed by atoms with van der Waals surface area (Å²) < 4.78 is 10.9. The van der Waals surface area contributed by atoms with Crippen LogP contribution >= 0.6 is 11.3 Å². The summed E-state index contributed by atoms with van der Waals surface area (Å²) >= 11 is 1.58. The third kappa shape index (κ3) is 6.25. The number of hydrogen-bond donors (Lipinski definition) is 2. The van der Waals surface area contributed by atoms with E-state index in [0.717, 1.165) is 10.6 Å². The van der Waals surface area contributed by atoms with E-state index in [1.165, 1.54) is 11.0 Å². The predicted octanol–water partition coefficient (Wildman–Crippen LogP) is 3.08. The molecule has 1 heterocycles. The third-order valence-electron chi connectivity index (χ3n) is 3.29. The number of nitrogens with one attached hydrogen (secondary N) is 2. The molecular formula is C19H22N2O4S. The molecule has 7 heteroatoms. The Hall–Kier alpha value is -2.80. The van der Waals surface area contributed by atoms with Crippen molar-refractivity contribution in [1.29, 1.82) is 0 Å². The van der Waals surface area contributed by atoms with Gasteiger partial charge in [-0.1, -0.05) is 0 Å². The smallest absolute Gasteiger partial charge is 0.279 e. The van der Waals surface area contributed by atoms with Crippen LogP contribution in [0.1, 0.15) is 23.6 Å². The van der Waals surface area contributed by atoms with Gasteiger partial charge in [-0.25, -0.2) is 0 Å². The summed E-state index contributed by atoms with van der Waals surface area (Å²) in [5.74, 6) is 0.401. The van der Waals surface area contributed by atoms with E-state index in [4.69, 9.17) is 9.47 Å². The Morgan fingerprint density at radius 1 is 1.12 bits per heavy atom. The highest BCUT2D eigenvalue weighted by Crippen LogP contribution is 2.18. The molecule has 2 N–H and O–H groups in total. The van der Waals surface area contributed by atoms with Gasteiger partial charge >= 0.3 is 0 Å². The molecule has 1 aromatic carbocycles. The lowest BCUT2D eigenvalue weighted by Crippen LogP contribution is -2.46. The molecule has 0 aliphatic carbocycles. The number of amides is 2. The highest BCUT2D eigenvalue weighted by atomic mass is 32.1. The Morgan fingerprint density at radius 2 is 1.81 bits per heavy atom. The Morgan fingerprint density at radius 3 is 2.42 bits per heavy atom. The summed E-state index contributed by atoms with van der Waals surface area (Å²) in [5.41, 5.74) is 4.67. The van der Waals surface area contributed by atoms with Crippen LogP contribution in [0, 0.1) is 6.92 Å². The molecule has 6 nitrogen and oxygen atoms in total. The maximum Gasteiger partial charge on any atom is 0.279 e. The molecule has 0 unspecified atom stereocenters. The minimum absolute atomic E-state index is 0.419. The van der Waals surface area contributed by atoms with E-state index in [9.17, 15) is 9.59 Å². The van der Waals surface area contributed by atoms with Crippen LogP contribution in [0.15, 0.2) is 42.5 Å². The summed E-state index contributed by atoms with van der Waals surface area (Å²) in [6.07, 6.45) is 2.29. The highest BCUT2D eigenvalue weighted by molar-refractivity contribution is 7.12. The maximum atomic E-state index is 12.0. The largest absolute Gasteiger partial charge is 0.494 e. The molecular weight excluding hydrogens is 352 g/mol. The summed E-state index contributed by atoms with van der Waals surface area (Å²) in [7, 11) is 0. The molecule has 0 spiro atoms. The second kappa shape index (κ2) is 9.62. The zero-order chi connectivity index (χ0) is 18.9. The number of rotatable bonds is 7. The van der Waals surface area contributed by atoms with E-state index in [-0.39, 0.29) is 0 Å². The first-order valence-corrected chi connectivity index (χ1v) is 9.03. The van der Waals surface area contributed by atoms with Crippen LogP contribution in [0.3, 0.4) is 0 Å². The Labute approximate surface area is 156 Å². The lowest BCUT2D eigenvalue weighted by atomic mass is 10.3. The van der Waals surface area contributed by atoms with Gasteiger partial charge in [-0.15, -0.1) is 11.3 Å². The van der Waals surface area contributed by atoms with E-state index in [2.05, 4.69) is 10.9 Å². The van der Waals surface area contributed by atoms with Crippen LogP contribution in [0.4, 0.5) is 0 Å². The molecule has 0 radical (unpaired) electrons. The fraction of sp³-hybridized carbons (Fsp3) is 0.263. The molecule has 2 rings (SSSR count). The van der Waals surface area contributed by atoms with Gasteiger partial charge in [0.2, 0.25) is 0 Å². The number of aryl methyl sites for hydroxylation is 1. The van der Waals surface area contributed by atoms with Gasteiger partial charge in [-0.2, -0.15) is 0 Å².